The minimum absolute atomic E-state index is 0.0800. The van der Waals surface area contributed by atoms with E-state index in [0.717, 1.165) is 45.5 Å². The molecule has 0 bridgehead atoms. The Kier molecular flexibility index (Phi) is 8.17. The Morgan fingerprint density at radius 2 is 1.71 bits per heavy atom. The molecule has 1 heterocycles. The van der Waals surface area contributed by atoms with Crippen LogP contribution in [-0.4, -0.2) is 30.9 Å². The van der Waals surface area contributed by atoms with Gasteiger partial charge in [0.1, 0.15) is 17.3 Å². The van der Waals surface area contributed by atoms with Crippen molar-refractivity contribution in [3.8, 4) is 16.9 Å². The number of carboxylic acid groups (broad SMARTS) is 1. The third-order valence-corrected chi connectivity index (χ3v) is 6.81. The molecule has 0 atom stereocenters. The maximum Gasteiger partial charge on any atom is 0.404 e. The van der Waals surface area contributed by atoms with Gasteiger partial charge in [-0.1, -0.05) is 55.8 Å². The van der Waals surface area contributed by atoms with Gasteiger partial charge in [0, 0.05) is 35.3 Å². The van der Waals surface area contributed by atoms with Crippen molar-refractivity contribution in [1.29, 1.82) is 0 Å². The molecule has 7 nitrogen and oxygen atoms in total. The number of nitrogens with one attached hydrogen (secondary N) is 1. The number of nitrogens with zero attached hydrogens (tertiary/aromatic N) is 1. The van der Waals surface area contributed by atoms with E-state index in [1.807, 2.05) is 38.1 Å². The van der Waals surface area contributed by atoms with Gasteiger partial charge in [0.05, 0.1) is 0 Å². The Morgan fingerprint density at radius 3 is 2.31 bits per heavy atom. The number of ether oxygens (including phenoxy) is 1. The molecule has 0 aliphatic heterocycles. The molecule has 0 spiro atoms. The summed E-state index contributed by atoms with van der Waals surface area (Å²) in [6.45, 7) is 8.27. The van der Waals surface area contributed by atoms with Crippen LogP contribution in [0.3, 0.4) is 0 Å². The van der Waals surface area contributed by atoms with E-state index in [1.165, 1.54) is 6.07 Å². The summed E-state index contributed by atoms with van der Waals surface area (Å²) in [6, 6.07) is 14.5. The number of pyridine rings is 1. The largest absolute Gasteiger partial charge is 0.487 e. The molecule has 3 aromatic rings. The molecule has 0 saturated heterocycles. The average Bonchev–Trinajstić information content (AvgIpc) is 2.77. The van der Waals surface area contributed by atoms with Crippen LogP contribution in [0.1, 0.15) is 41.9 Å². The van der Waals surface area contributed by atoms with Crippen LogP contribution in [0.2, 0.25) is 0 Å². The molecule has 0 radical (unpaired) electrons. The van der Waals surface area contributed by atoms with Crippen LogP contribution in [-0.2, 0) is 29.4 Å². The van der Waals surface area contributed by atoms with E-state index < -0.39 is 15.9 Å². The Labute approximate surface area is 207 Å². The highest BCUT2D eigenvalue weighted by atomic mass is 32.2. The highest BCUT2D eigenvalue weighted by Crippen LogP contribution is 2.34. The van der Waals surface area contributed by atoms with Gasteiger partial charge in [-0.25, -0.2) is 13.2 Å². The molecule has 0 aliphatic carbocycles. The number of aryl methyl sites for hydroxylation is 2. The van der Waals surface area contributed by atoms with E-state index in [1.54, 1.807) is 18.2 Å². The summed E-state index contributed by atoms with van der Waals surface area (Å²) in [6.07, 6.45) is 0.723. The molecule has 0 saturated carbocycles. The minimum Gasteiger partial charge on any atom is -0.487 e. The average molecular weight is 497 g/mol. The number of aromatic nitrogens is 1. The van der Waals surface area contributed by atoms with Gasteiger partial charge >= 0.3 is 6.09 Å². The molecule has 2 aromatic carbocycles. The van der Waals surface area contributed by atoms with Gasteiger partial charge in [-0.2, -0.15) is 0 Å². The van der Waals surface area contributed by atoms with Crippen LogP contribution in [0, 0.1) is 19.8 Å². The fourth-order valence-electron chi connectivity index (χ4n) is 4.03. The first kappa shape index (κ1) is 26.2. The second kappa shape index (κ2) is 10.9. The molecule has 2 N–H and O–H groups in total. The highest BCUT2D eigenvalue weighted by molar-refractivity contribution is 7.90. The Bertz CT molecular complexity index is 1320. The number of para-hydroxylation sites is 1. The number of hydrogen-bond acceptors (Lipinski definition) is 5. The lowest BCUT2D eigenvalue weighted by Crippen LogP contribution is -2.23. The number of rotatable bonds is 9. The first-order valence-corrected chi connectivity index (χ1v) is 13.3. The lowest BCUT2D eigenvalue weighted by atomic mass is 9.90. The van der Waals surface area contributed by atoms with Crippen LogP contribution >= 0.6 is 0 Å². The van der Waals surface area contributed by atoms with E-state index in [0.29, 0.717) is 12.3 Å². The molecule has 0 aliphatic rings. The molecular formula is C27H32N2O5S. The standard InChI is InChI=1S/C27H32N2O5S/c1-17(2)14-23-21(15-28-27(30)31)26(20-12-10-18(3)11-13-20)22(19(4)29-23)16-34-24-8-6-7-9-25(24)35(5,32)33/h6-13,17,28H,14-16H2,1-5H3,(H,30,31). The lowest BCUT2D eigenvalue weighted by molar-refractivity contribution is 0.194. The fourth-order valence-corrected chi connectivity index (χ4v) is 4.84. The smallest absolute Gasteiger partial charge is 0.404 e. The van der Waals surface area contributed by atoms with Crippen LogP contribution in [0.25, 0.3) is 11.1 Å². The third kappa shape index (κ3) is 6.60. The van der Waals surface area contributed by atoms with Crippen molar-refractivity contribution in [3.63, 3.8) is 0 Å². The molecule has 1 aromatic heterocycles. The second-order valence-corrected chi connectivity index (χ2v) is 11.1. The summed E-state index contributed by atoms with van der Waals surface area (Å²) in [5.74, 6) is 0.584. The van der Waals surface area contributed by atoms with Crippen molar-refractivity contribution in [2.45, 2.75) is 52.2 Å². The Hall–Kier alpha value is -3.39. The maximum absolute atomic E-state index is 12.2. The number of amides is 1. The second-order valence-electron chi connectivity index (χ2n) is 9.11. The van der Waals surface area contributed by atoms with Crippen LogP contribution in [0.5, 0.6) is 5.75 Å². The van der Waals surface area contributed by atoms with Gasteiger partial charge in [-0.05, 0) is 49.4 Å². The van der Waals surface area contributed by atoms with E-state index in [4.69, 9.17) is 9.72 Å². The molecule has 3 rings (SSSR count). The van der Waals surface area contributed by atoms with Gasteiger partial charge in [-0.3, -0.25) is 4.98 Å². The molecule has 35 heavy (non-hydrogen) atoms. The van der Waals surface area contributed by atoms with Gasteiger partial charge in [0.2, 0.25) is 0 Å². The summed E-state index contributed by atoms with van der Waals surface area (Å²) < 4.78 is 30.6. The van der Waals surface area contributed by atoms with Crippen molar-refractivity contribution < 1.29 is 23.1 Å². The zero-order chi connectivity index (χ0) is 25.8. The quantitative estimate of drug-likeness (QED) is 0.416. The summed E-state index contributed by atoms with van der Waals surface area (Å²) in [7, 11) is -3.48. The summed E-state index contributed by atoms with van der Waals surface area (Å²) in [5.41, 5.74) is 6.06. The van der Waals surface area contributed by atoms with E-state index in [9.17, 15) is 18.3 Å². The topological polar surface area (TPSA) is 106 Å². The van der Waals surface area contributed by atoms with Crippen molar-refractivity contribution in [1.82, 2.24) is 10.3 Å². The first-order valence-electron chi connectivity index (χ1n) is 11.4. The van der Waals surface area contributed by atoms with Crippen LogP contribution in [0.15, 0.2) is 53.4 Å². The minimum atomic E-state index is -3.48. The fraction of sp³-hybridized carbons (Fsp3) is 0.333. The number of sulfone groups is 1. The molecule has 0 fully saturated rings. The number of carbonyl (C=O) groups is 1. The van der Waals surface area contributed by atoms with E-state index in [-0.39, 0.29) is 23.8 Å². The normalized spacial score (nSPS) is 11.5. The van der Waals surface area contributed by atoms with E-state index in [2.05, 4.69) is 19.2 Å². The van der Waals surface area contributed by atoms with Gasteiger partial charge in [-0.15, -0.1) is 0 Å². The van der Waals surface area contributed by atoms with Crippen molar-refractivity contribution in [2.24, 2.45) is 5.92 Å². The van der Waals surface area contributed by atoms with Gasteiger partial charge in [0.15, 0.2) is 9.84 Å². The highest BCUT2D eigenvalue weighted by Gasteiger charge is 2.22. The SMILES string of the molecule is Cc1ccc(-c2c(COc3ccccc3S(C)(=O)=O)c(C)nc(CC(C)C)c2CNC(=O)O)cc1. The monoisotopic (exact) mass is 496 g/mol. The zero-order valence-corrected chi connectivity index (χ0v) is 21.6. The molecule has 8 heteroatoms. The van der Waals surface area contributed by atoms with Crippen molar-refractivity contribution >= 4 is 15.9 Å². The third-order valence-electron chi connectivity index (χ3n) is 5.67. The number of benzene rings is 2. The molecule has 186 valence electrons. The first-order chi connectivity index (χ1) is 16.5. The van der Waals surface area contributed by atoms with Crippen molar-refractivity contribution in [2.75, 3.05) is 6.26 Å². The van der Waals surface area contributed by atoms with Gasteiger partial charge in [0.25, 0.3) is 0 Å². The van der Waals surface area contributed by atoms with Gasteiger partial charge < -0.3 is 15.2 Å². The molecular weight excluding hydrogens is 464 g/mol. The summed E-state index contributed by atoms with van der Waals surface area (Å²) in [4.78, 5) is 16.3. The lowest BCUT2D eigenvalue weighted by Gasteiger charge is -2.22. The number of hydrogen-bond donors (Lipinski definition) is 2. The predicted molar refractivity (Wildman–Crippen MR) is 136 cm³/mol. The summed E-state index contributed by atoms with van der Waals surface area (Å²) >= 11 is 0. The maximum atomic E-state index is 12.2. The Balaban J connectivity index is 2.19. The summed E-state index contributed by atoms with van der Waals surface area (Å²) in [5, 5.41) is 11.8. The predicted octanol–water partition coefficient (Wildman–Crippen LogP) is 5.31. The zero-order valence-electron chi connectivity index (χ0n) is 20.8. The Morgan fingerprint density at radius 1 is 1.06 bits per heavy atom. The van der Waals surface area contributed by atoms with Crippen LogP contribution < -0.4 is 10.1 Å². The molecule has 0 unspecified atom stereocenters. The van der Waals surface area contributed by atoms with E-state index >= 15 is 0 Å². The van der Waals surface area contributed by atoms with Crippen molar-refractivity contribution in [3.05, 3.63) is 76.6 Å². The van der Waals surface area contributed by atoms with Crippen LogP contribution in [0.4, 0.5) is 4.79 Å². The molecule has 1 amide bonds.